The summed E-state index contributed by atoms with van der Waals surface area (Å²) in [5.74, 6) is 0.126. The molecule has 0 fully saturated rings. The first-order valence-corrected chi connectivity index (χ1v) is 14.8. The number of ether oxygens (including phenoxy) is 1. The molecule has 0 saturated carbocycles. The molecule has 1 N–H and O–H groups in total. The summed E-state index contributed by atoms with van der Waals surface area (Å²) in [7, 11) is 1.69. The number of pyridine rings is 1. The number of amides is 2. The summed E-state index contributed by atoms with van der Waals surface area (Å²) >= 11 is 0. The first kappa shape index (κ1) is 30.6. The molecule has 1 aliphatic rings. The van der Waals surface area contributed by atoms with Crippen molar-refractivity contribution in [2.24, 2.45) is 5.41 Å². The molecular weight excluding hydrogens is 558 g/mol. The van der Waals surface area contributed by atoms with Crippen LogP contribution >= 0.6 is 0 Å². The van der Waals surface area contributed by atoms with Gasteiger partial charge >= 0.3 is 0 Å². The van der Waals surface area contributed by atoms with Crippen LogP contribution in [0.1, 0.15) is 43.9 Å². The van der Waals surface area contributed by atoms with Crippen LogP contribution < -0.4 is 25.4 Å². The van der Waals surface area contributed by atoms with Crippen molar-refractivity contribution in [1.82, 2.24) is 9.88 Å². The third-order valence-corrected chi connectivity index (χ3v) is 8.12. The molecule has 0 spiro atoms. The molecule has 10 heteroatoms. The Morgan fingerprint density at radius 2 is 1.80 bits per heavy atom. The largest absolute Gasteiger partial charge is 0.494 e. The van der Waals surface area contributed by atoms with Gasteiger partial charge in [-0.25, -0.2) is 0 Å². The number of aromatic nitrogens is 1. The highest BCUT2D eigenvalue weighted by atomic mass is 16.5. The van der Waals surface area contributed by atoms with Crippen molar-refractivity contribution in [3.63, 3.8) is 0 Å². The number of carbonyl (C=O) groups excluding carboxylic acids is 2. The van der Waals surface area contributed by atoms with Gasteiger partial charge in [0, 0.05) is 50.9 Å². The standard InChI is InChI=1S/C34H37N5O5/c1-5-39-28-13-12-26(19-29(28)37(4)32(41)34(2,3)33(39)42)43-18-6-7-25-22-44-30-27(25)14-16-38(31(30)40)17-15-36-21-24-10-8-23(20-35)9-11-24/h8-14,16,19,22,36H,5-7,15,17-18,21H2,1-4H3. The zero-order valence-electron chi connectivity index (χ0n) is 25.6. The maximum absolute atomic E-state index is 13.1. The lowest BCUT2D eigenvalue weighted by Crippen LogP contribution is -2.47. The summed E-state index contributed by atoms with van der Waals surface area (Å²) in [6, 6.07) is 16.9. The Morgan fingerprint density at radius 3 is 2.52 bits per heavy atom. The molecule has 3 heterocycles. The maximum Gasteiger partial charge on any atom is 0.294 e. The molecule has 4 aromatic rings. The summed E-state index contributed by atoms with van der Waals surface area (Å²) in [5, 5.41) is 13.1. The Bertz CT molecular complexity index is 1780. The van der Waals surface area contributed by atoms with Gasteiger partial charge < -0.3 is 28.8 Å². The molecule has 1 aliphatic heterocycles. The zero-order valence-corrected chi connectivity index (χ0v) is 25.6. The number of hydrogen-bond donors (Lipinski definition) is 1. The minimum Gasteiger partial charge on any atom is -0.494 e. The van der Waals surface area contributed by atoms with Crippen LogP contribution in [0.4, 0.5) is 11.4 Å². The Kier molecular flexibility index (Phi) is 8.88. The number of nitriles is 1. The van der Waals surface area contributed by atoms with Gasteiger partial charge in [0.05, 0.1) is 35.9 Å². The second-order valence-electron chi connectivity index (χ2n) is 11.4. The van der Waals surface area contributed by atoms with Crippen LogP contribution in [0, 0.1) is 16.7 Å². The number of anilines is 2. The molecule has 0 saturated heterocycles. The lowest BCUT2D eigenvalue weighted by molar-refractivity contribution is -0.137. The third-order valence-electron chi connectivity index (χ3n) is 8.12. The smallest absolute Gasteiger partial charge is 0.294 e. The molecule has 0 bridgehead atoms. The van der Waals surface area contributed by atoms with Crippen LogP contribution in [0.3, 0.4) is 0 Å². The number of nitrogens with zero attached hydrogens (tertiary/aromatic N) is 4. The normalized spacial score (nSPS) is 14.4. The van der Waals surface area contributed by atoms with Gasteiger partial charge in [-0.2, -0.15) is 5.26 Å². The van der Waals surface area contributed by atoms with Gasteiger partial charge in [-0.1, -0.05) is 12.1 Å². The SMILES string of the molecule is CCN1C(=O)C(C)(C)C(=O)N(C)c2cc(OCCCc3coc4c(=O)n(CCNCc5ccc(C#N)cc5)ccc34)ccc21. The Labute approximate surface area is 256 Å². The Morgan fingerprint density at radius 1 is 1.02 bits per heavy atom. The van der Waals surface area contributed by atoms with Crippen LogP contribution in [0.2, 0.25) is 0 Å². The van der Waals surface area contributed by atoms with Gasteiger partial charge in [0.25, 0.3) is 5.56 Å². The fourth-order valence-corrected chi connectivity index (χ4v) is 5.54. The minimum absolute atomic E-state index is 0.170. The molecule has 2 amide bonds. The van der Waals surface area contributed by atoms with Gasteiger partial charge in [0.1, 0.15) is 11.2 Å². The molecule has 44 heavy (non-hydrogen) atoms. The molecule has 228 valence electrons. The van der Waals surface area contributed by atoms with E-state index in [9.17, 15) is 14.4 Å². The molecule has 0 atom stereocenters. The predicted molar refractivity (Wildman–Crippen MR) is 169 cm³/mol. The van der Waals surface area contributed by atoms with Crippen molar-refractivity contribution in [3.05, 3.63) is 88.0 Å². The maximum atomic E-state index is 13.1. The van der Waals surface area contributed by atoms with E-state index in [1.54, 1.807) is 61.0 Å². The van der Waals surface area contributed by atoms with E-state index < -0.39 is 5.41 Å². The number of rotatable bonds is 11. The minimum atomic E-state index is -1.16. The van der Waals surface area contributed by atoms with E-state index in [0.717, 1.165) is 16.5 Å². The highest BCUT2D eigenvalue weighted by Gasteiger charge is 2.45. The van der Waals surface area contributed by atoms with E-state index in [-0.39, 0.29) is 17.4 Å². The number of nitrogens with one attached hydrogen (secondary N) is 1. The molecule has 0 radical (unpaired) electrons. The lowest BCUT2D eigenvalue weighted by atomic mass is 9.90. The number of furan rings is 1. The summed E-state index contributed by atoms with van der Waals surface area (Å²) in [6.45, 7) is 7.84. The van der Waals surface area contributed by atoms with E-state index >= 15 is 0 Å². The van der Waals surface area contributed by atoms with E-state index in [1.165, 1.54) is 4.90 Å². The number of benzene rings is 2. The van der Waals surface area contributed by atoms with Crippen molar-refractivity contribution in [3.8, 4) is 11.8 Å². The van der Waals surface area contributed by atoms with E-state index in [2.05, 4.69) is 11.4 Å². The van der Waals surface area contributed by atoms with Crippen molar-refractivity contribution in [1.29, 1.82) is 5.26 Å². The van der Waals surface area contributed by atoms with Crippen molar-refractivity contribution < 1.29 is 18.7 Å². The van der Waals surface area contributed by atoms with Crippen LogP contribution in [0.5, 0.6) is 5.75 Å². The topological polar surface area (TPSA) is 121 Å². The molecular formula is C34H37N5O5. The van der Waals surface area contributed by atoms with Crippen LogP contribution in [-0.2, 0) is 29.1 Å². The second kappa shape index (κ2) is 12.8. The second-order valence-corrected chi connectivity index (χ2v) is 11.4. The number of fused-ring (bicyclic) bond motifs is 2. The van der Waals surface area contributed by atoms with Crippen LogP contribution in [-0.4, -0.2) is 43.1 Å². The van der Waals surface area contributed by atoms with Gasteiger partial charge in [-0.05, 0) is 75.1 Å². The lowest BCUT2D eigenvalue weighted by Gasteiger charge is -2.27. The Hall–Kier alpha value is -4.88. The fraction of sp³-hybridized carbons (Fsp3) is 0.353. The third kappa shape index (κ3) is 5.96. The quantitative estimate of drug-likeness (QED) is 0.198. The number of hydrogen-bond acceptors (Lipinski definition) is 7. The summed E-state index contributed by atoms with van der Waals surface area (Å²) < 4.78 is 13.4. The van der Waals surface area contributed by atoms with E-state index in [1.807, 2.05) is 37.3 Å². The first-order valence-electron chi connectivity index (χ1n) is 14.8. The number of aryl methyl sites for hydroxylation is 1. The van der Waals surface area contributed by atoms with Crippen LogP contribution in [0.25, 0.3) is 11.0 Å². The van der Waals surface area contributed by atoms with Gasteiger partial charge in [-0.3, -0.25) is 14.4 Å². The van der Waals surface area contributed by atoms with Crippen molar-refractivity contribution in [2.75, 3.05) is 36.5 Å². The van der Waals surface area contributed by atoms with Gasteiger partial charge in [-0.15, -0.1) is 0 Å². The van der Waals surface area contributed by atoms with E-state index in [0.29, 0.717) is 73.9 Å². The summed E-state index contributed by atoms with van der Waals surface area (Å²) in [4.78, 5) is 42.4. The molecule has 0 unspecified atom stereocenters. The average molecular weight is 596 g/mol. The predicted octanol–water partition coefficient (Wildman–Crippen LogP) is 4.62. The number of carbonyl (C=O) groups is 2. The molecule has 2 aromatic carbocycles. The fourth-order valence-electron chi connectivity index (χ4n) is 5.54. The molecule has 5 rings (SSSR count). The van der Waals surface area contributed by atoms with E-state index in [4.69, 9.17) is 14.4 Å². The van der Waals surface area contributed by atoms with Crippen molar-refractivity contribution in [2.45, 2.75) is 46.7 Å². The Balaban J connectivity index is 1.17. The molecule has 10 nitrogen and oxygen atoms in total. The summed E-state index contributed by atoms with van der Waals surface area (Å²) in [6.07, 6.45) is 4.79. The van der Waals surface area contributed by atoms with Crippen molar-refractivity contribution >= 4 is 34.2 Å². The van der Waals surface area contributed by atoms with Crippen LogP contribution in [0.15, 0.2) is 70.2 Å². The summed E-state index contributed by atoms with van der Waals surface area (Å²) in [5.41, 5.74) is 2.97. The highest BCUT2D eigenvalue weighted by molar-refractivity contribution is 6.20. The first-order chi connectivity index (χ1) is 21.1. The molecule has 2 aromatic heterocycles. The molecule has 0 aliphatic carbocycles. The van der Waals surface area contributed by atoms with Gasteiger partial charge in [0.15, 0.2) is 5.58 Å². The zero-order chi connectivity index (χ0) is 31.4. The van der Waals surface area contributed by atoms with Gasteiger partial charge in [0.2, 0.25) is 11.8 Å². The highest BCUT2D eigenvalue weighted by Crippen LogP contribution is 2.40. The average Bonchev–Trinajstić information content (AvgIpc) is 3.44. The monoisotopic (exact) mass is 595 g/mol.